The van der Waals surface area contributed by atoms with Crippen molar-refractivity contribution in [3.05, 3.63) is 41.0 Å². The largest absolute Gasteiger partial charge is 0.305 e. The van der Waals surface area contributed by atoms with Crippen LogP contribution in [0.1, 0.15) is 123 Å². The van der Waals surface area contributed by atoms with Crippen LogP contribution in [-0.2, 0) is 17.4 Å². The van der Waals surface area contributed by atoms with Crippen LogP contribution in [0.2, 0.25) is 0 Å². The molecule has 0 fully saturated rings. The Bertz CT molecular complexity index is 630. The molecule has 0 heterocycles. The van der Waals surface area contributed by atoms with Crippen molar-refractivity contribution in [1.29, 1.82) is 0 Å². The molecule has 0 radical (unpaired) electrons. The fraction of sp³-hybridized carbons (Fsp3) is 0.704. The van der Waals surface area contributed by atoms with Gasteiger partial charge >= 0.3 is 0 Å². The minimum atomic E-state index is -0.0560. The van der Waals surface area contributed by atoms with Gasteiger partial charge in [0.25, 0.3) is 0 Å². The van der Waals surface area contributed by atoms with E-state index in [1.54, 1.807) is 0 Å². The first-order chi connectivity index (χ1) is 13.0. The van der Waals surface area contributed by atoms with Crippen molar-refractivity contribution in [3.63, 3.8) is 0 Å². The van der Waals surface area contributed by atoms with E-state index < -0.39 is 0 Å². The molecule has 1 unspecified atom stereocenters. The van der Waals surface area contributed by atoms with Gasteiger partial charge in [-0.2, -0.15) is 0 Å². The molecule has 0 aliphatic carbocycles. The summed E-state index contributed by atoms with van der Waals surface area (Å²) in [5.74, 6) is 0. The molecule has 0 aliphatic heterocycles. The van der Waals surface area contributed by atoms with Crippen molar-refractivity contribution in [1.82, 2.24) is 5.32 Å². The molecule has 0 saturated carbocycles. The average Bonchev–Trinajstić information content (AvgIpc) is 2.62. The van der Waals surface area contributed by atoms with Crippen LogP contribution in [0.4, 0.5) is 0 Å². The molecular weight excluding hydrogens is 338 g/mol. The zero-order valence-electron chi connectivity index (χ0n) is 20.4. The lowest BCUT2D eigenvalue weighted by molar-refractivity contribution is 0.335. The van der Waals surface area contributed by atoms with E-state index in [0.717, 1.165) is 12.8 Å². The Kier molecular flexibility index (Phi) is 9.47. The third-order valence-electron chi connectivity index (χ3n) is 5.92. The molecule has 1 nitrogen and oxygen atoms in total. The van der Waals surface area contributed by atoms with Crippen LogP contribution < -0.4 is 5.32 Å². The Labute approximate surface area is 176 Å². The zero-order valence-corrected chi connectivity index (χ0v) is 20.4. The average molecular weight is 386 g/mol. The maximum atomic E-state index is 4.45. The van der Waals surface area contributed by atoms with Gasteiger partial charge in [-0.05, 0) is 85.8 Å². The smallest absolute Gasteiger partial charge is 0.0382 e. The number of allylic oxidation sites excluding steroid dienone is 1. The van der Waals surface area contributed by atoms with Gasteiger partial charge in [0, 0.05) is 11.6 Å². The van der Waals surface area contributed by atoms with Crippen LogP contribution in [-0.4, -0.2) is 6.04 Å². The molecule has 0 saturated heterocycles. The molecule has 160 valence electrons. The lowest BCUT2D eigenvalue weighted by atomic mass is 9.75. The number of benzene rings is 1. The predicted octanol–water partition coefficient (Wildman–Crippen LogP) is 8.15. The van der Waals surface area contributed by atoms with E-state index in [1.165, 1.54) is 59.9 Å². The molecule has 1 atom stereocenters. The fourth-order valence-corrected chi connectivity index (χ4v) is 4.29. The molecule has 0 bridgehead atoms. The van der Waals surface area contributed by atoms with Crippen molar-refractivity contribution in [2.24, 2.45) is 0 Å². The van der Waals surface area contributed by atoms with Crippen LogP contribution >= 0.6 is 0 Å². The van der Waals surface area contributed by atoms with E-state index in [9.17, 15) is 0 Å². The monoisotopic (exact) mass is 385 g/mol. The summed E-state index contributed by atoms with van der Waals surface area (Å²) in [7, 11) is 0. The number of unbranched alkanes of at least 4 members (excludes halogenated alkanes) is 2. The predicted molar refractivity (Wildman–Crippen MR) is 128 cm³/mol. The molecule has 0 aliphatic rings. The van der Waals surface area contributed by atoms with E-state index in [0.29, 0.717) is 6.04 Å². The van der Waals surface area contributed by atoms with Crippen molar-refractivity contribution in [2.75, 3.05) is 0 Å². The van der Waals surface area contributed by atoms with Crippen molar-refractivity contribution >= 4 is 5.57 Å². The van der Waals surface area contributed by atoms with E-state index in [1.807, 2.05) is 0 Å². The summed E-state index contributed by atoms with van der Waals surface area (Å²) >= 11 is 0. The van der Waals surface area contributed by atoms with Crippen molar-refractivity contribution < 1.29 is 0 Å². The maximum absolute atomic E-state index is 4.45. The second kappa shape index (κ2) is 10.6. The van der Waals surface area contributed by atoms with Crippen LogP contribution in [0.3, 0.4) is 0 Å². The molecular formula is C27H47N. The lowest BCUT2D eigenvalue weighted by Crippen LogP contribution is -2.43. The van der Waals surface area contributed by atoms with Crippen LogP contribution in [0.25, 0.3) is 5.57 Å². The summed E-state index contributed by atoms with van der Waals surface area (Å²) in [5, 5.41) is 3.94. The highest BCUT2D eigenvalue weighted by atomic mass is 15.0. The molecule has 0 spiro atoms. The molecule has 0 amide bonds. The van der Waals surface area contributed by atoms with Gasteiger partial charge in [0.15, 0.2) is 0 Å². The second-order valence-corrected chi connectivity index (χ2v) is 10.2. The number of hydrogen-bond acceptors (Lipinski definition) is 1. The van der Waals surface area contributed by atoms with Gasteiger partial charge in [-0.3, -0.25) is 0 Å². The quantitative estimate of drug-likeness (QED) is 0.405. The first-order valence-electron chi connectivity index (χ1n) is 11.6. The van der Waals surface area contributed by atoms with Gasteiger partial charge in [0.05, 0.1) is 0 Å². The highest BCUT2D eigenvalue weighted by Crippen LogP contribution is 2.37. The van der Waals surface area contributed by atoms with Crippen molar-refractivity contribution in [3.8, 4) is 0 Å². The molecule has 1 rings (SSSR count). The van der Waals surface area contributed by atoms with Gasteiger partial charge in [-0.25, -0.2) is 0 Å². The minimum absolute atomic E-state index is 0.0560. The topological polar surface area (TPSA) is 12.0 Å². The molecule has 0 aromatic heterocycles. The Morgan fingerprint density at radius 2 is 1.54 bits per heavy atom. The van der Waals surface area contributed by atoms with Gasteiger partial charge in [-0.15, -0.1) is 0 Å². The summed E-state index contributed by atoms with van der Waals surface area (Å²) in [5.41, 5.74) is 7.15. The standard InChI is InChI=1S/C27H47N/c1-11-14-16-20(4)22-18-24(26(6,7)8)23(13-3)25(19-22)27(9,10)28-21(5)17-15-12-2/h18-19,21,28H,4,11-17H2,1-3,5-10H3. The van der Waals surface area contributed by atoms with Gasteiger partial charge in [0.2, 0.25) is 0 Å². The third-order valence-corrected chi connectivity index (χ3v) is 5.92. The van der Waals surface area contributed by atoms with Crippen molar-refractivity contribution in [2.45, 2.75) is 124 Å². The van der Waals surface area contributed by atoms with E-state index >= 15 is 0 Å². The van der Waals surface area contributed by atoms with E-state index in [2.05, 4.69) is 86.3 Å². The van der Waals surface area contributed by atoms with Gasteiger partial charge in [-0.1, -0.05) is 73.5 Å². The van der Waals surface area contributed by atoms with E-state index in [-0.39, 0.29) is 11.0 Å². The Balaban J connectivity index is 3.46. The SMILES string of the molecule is C=C(CCCC)c1cc(C(C)(C)C)c(CC)c(C(C)(C)NC(C)CCCC)c1. The lowest BCUT2D eigenvalue weighted by Gasteiger charge is -2.36. The van der Waals surface area contributed by atoms with Gasteiger partial charge in [0.1, 0.15) is 0 Å². The maximum Gasteiger partial charge on any atom is 0.0382 e. The number of hydrogen-bond donors (Lipinski definition) is 1. The Hall–Kier alpha value is -1.08. The normalized spacial score (nSPS) is 13.6. The Morgan fingerprint density at radius 1 is 0.964 bits per heavy atom. The van der Waals surface area contributed by atoms with E-state index in [4.69, 9.17) is 0 Å². The summed E-state index contributed by atoms with van der Waals surface area (Å²) in [4.78, 5) is 0. The second-order valence-electron chi connectivity index (χ2n) is 10.2. The summed E-state index contributed by atoms with van der Waals surface area (Å²) in [6, 6.07) is 5.38. The molecule has 1 heteroatoms. The summed E-state index contributed by atoms with van der Waals surface area (Å²) in [6.07, 6.45) is 8.36. The van der Waals surface area contributed by atoms with Gasteiger partial charge < -0.3 is 5.32 Å². The first kappa shape index (κ1) is 25.0. The molecule has 28 heavy (non-hydrogen) atoms. The zero-order chi connectivity index (χ0) is 21.5. The summed E-state index contributed by atoms with van der Waals surface area (Å²) in [6.45, 7) is 25.3. The molecule has 1 N–H and O–H groups in total. The van der Waals surface area contributed by atoms with Crippen LogP contribution in [0.15, 0.2) is 18.7 Å². The fourth-order valence-electron chi connectivity index (χ4n) is 4.29. The third kappa shape index (κ3) is 6.76. The molecule has 1 aromatic rings. The Morgan fingerprint density at radius 3 is 2.04 bits per heavy atom. The highest BCUT2D eigenvalue weighted by Gasteiger charge is 2.29. The summed E-state index contributed by atoms with van der Waals surface area (Å²) < 4.78 is 0. The number of rotatable bonds is 11. The van der Waals surface area contributed by atoms with Crippen LogP contribution in [0, 0.1) is 0 Å². The first-order valence-corrected chi connectivity index (χ1v) is 11.6. The molecule has 1 aromatic carbocycles. The highest BCUT2D eigenvalue weighted by molar-refractivity contribution is 5.67. The minimum Gasteiger partial charge on any atom is -0.305 e. The van der Waals surface area contributed by atoms with Crippen LogP contribution in [0.5, 0.6) is 0 Å². The number of nitrogens with one attached hydrogen (secondary N) is 1.